The van der Waals surface area contributed by atoms with Crippen molar-refractivity contribution in [1.82, 2.24) is 0 Å². The summed E-state index contributed by atoms with van der Waals surface area (Å²) < 4.78 is 55.6. The molecule has 0 saturated heterocycles. The number of alkyl halides is 3. The molecule has 0 aromatic heterocycles. The molecule has 0 spiro atoms. The summed E-state index contributed by atoms with van der Waals surface area (Å²) in [4.78, 5) is -0.0852. The number of hydrogen-bond donors (Lipinski definition) is 1. The third kappa shape index (κ3) is 2.55. The van der Waals surface area contributed by atoms with Crippen LogP contribution < -0.4 is 0 Å². The third-order valence-corrected chi connectivity index (χ3v) is 3.10. The van der Waals surface area contributed by atoms with E-state index in [1.165, 1.54) is 0 Å². The maximum atomic E-state index is 12.1. The Labute approximate surface area is 88.5 Å². The summed E-state index contributed by atoms with van der Waals surface area (Å²) in [5, 5.41) is 0. The predicted octanol–water partition coefficient (Wildman–Crippen LogP) is 3.05. The minimum atomic E-state index is -4.45. The minimum Gasteiger partial charge on any atom is -0.302 e. The van der Waals surface area contributed by atoms with Crippen LogP contribution in [0.2, 0.25) is 0 Å². The fourth-order valence-corrected chi connectivity index (χ4v) is 2.02. The summed E-state index contributed by atoms with van der Waals surface area (Å²) >= 11 is 0.497. The lowest BCUT2D eigenvalue weighted by atomic mass is 10.2. The summed E-state index contributed by atoms with van der Waals surface area (Å²) in [5.41, 5.74) is -0.862. The van der Waals surface area contributed by atoms with Gasteiger partial charge in [-0.05, 0) is 34.1 Å². The largest absolute Gasteiger partial charge is 0.416 e. The number of benzene rings is 1. The van der Waals surface area contributed by atoms with E-state index >= 15 is 0 Å². The molecule has 14 heavy (non-hydrogen) atoms. The Kier molecular flexibility index (Phi) is 3.33. The highest BCUT2D eigenvalue weighted by molar-refractivity contribution is 9.10. The second kappa shape index (κ2) is 4.00. The normalized spacial score (nSPS) is 14.1. The molecular formula is C7H4BrF3O2S. The van der Waals surface area contributed by atoms with Crippen LogP contribution in [0.5, 0.6) is 0 Å². The van der Waals surface area contributed by atoms with Crippen LogP contribution in [-0.4, -0.2) is 8.76 Å². The van der Waals surface area contributed by atoms with Crippen LogP contribution in [0, 0.1) is 0 Å². The van der Waals surface area contributed by atoms with Gasteiger partial charge < -0.3 is 4.55 Å². The Morgan fingerprint density at radius 1 is 1.36 bits per heavy atom. The van der Waals surface area contributed by atoms with Gasteiger partial charge in [0.05, 0.1) is 10.5 Å². The summed E-state index contributed by atoms with van der Waals surface area (Å²) in [6.07, 6.45) is -4.45. The molecule has 7 heteroatoms. The maximum Gasteiger partial charge on any atom is 0.416 e. The molecule has 0 fully saturated rings. The van der Waals surface area contributed by atoms with Gasteiger partial charge in [-0.1, -0.05) is 0 Å². The van der Waals surface area contributed by atoms with Crippen molar-refractivity contribution in [2.75, 3.05) is 0 Å². The van der Waals surface area contributed by atoms with Crippen molar-refractivity contribution in [3.05, 3.63) is 28.2 Å². The van der Waals surface area contributed by atoms with Gasteiger partial charge in [0, 0.05) is 4.47 Å². The van der Waals surface area contributed by atoms with Crippen molar-refractivity contribution in [3.8, 4) is 0 Å². The molecule has 1 unspecified atom stereocenters. The first-order chi connectivity index (χ1) is 6.32. The van der Waals surface area contributed by atoms with Crippen LogP contribution >= 0.6 is 15.9 Å². The van der Waals surface area contributed by atoms with Crippen LogP contribution in [0.25, 0.3) is 0 Å². The van der Waals surface area contributed by atoms with E-state index in [9.17, 15) is 17.4 Å². The molecule has 1 N–H and O–H groups in total. The molecule has 0 aliphatic rings. The molecule has 0 aliphatic carbocycles. The van der Waals surface area contributed by atoms with E-state index in [0.29, 0.717) is 0 Å². The quantitative estimate of drug-likeness (QED) is 0.807. The van der Waals surface area contributed by atoms with E-state index in [2.05, 4.69) is 15.9 Å². The summed E-state index contributed by atoms with van der Waals surface area (Å²) in [5.74, 6) is 0. The fourth-order valence-electron chi connectivity index (χ4n) is 0.819. The summed E-state index contributed by atoms with van der Waals surface area (Å²) in [7, 11) is 0. The molecule has 0 radical (unpaired) electrons. The zero-order chi connectivity index (χ0) is 10.9. The summed E-state index contributed by atoms with van der Waals surface area (Å²) in [6.45, 7) is 0. The van der Waals surface area contributed by atoms with Crippen LogP contribution in [0.3, 0.4) is 0 Å². The average molecular weight is 289 g/mol. The van der Waals surface area contributed by atoms with Crippen LogP contribution in [0.15, 0.2) is 27.6 Å². The molecule has 0 amide bonds. The smallest absolute Gasteiger partial charge is 0.302 e. The lowest BCUT2D eigenvalue weighted by molar-refractivity contribution is -0.137. The number of rotatable bonds is 1. The first-order valence-corrected chi connectivity index (χ1v) is 5.20. The van der Waals surface area contributed by atoms with Gasteiger partial charge in [-0.2, -0.15) is 13.2 Å². The molecule has 0 aliphatic heterocycles. The highest BCUT2D eigenvalue weighted by Gasteiger charge is 2.31. The van der Waals surface area contributed by atoms with Crippen molar-refractivity contribution in [1.29, 1.82) is 0 Å². The molecule has 0 bridgehead atoms. The van der Waals surface area contributed by atoms with Crippen LogP contribution in [0.1, 0.15) is 5.56 Å². The Morgan fingerprint density at radius 3 is 2.29 bits per heavy atom. The average Bonchev–Trinajstić information content (AvgIpc) is 2.01. The monoisotopic (exact) mass is 288 g/mol. The number of halogens is 4. The van der Waals surface area contributed by atoms with E-state index < -0.39 is 22.8 Å². The molecule has 78 valence electrons. The highest BCUT2D eigenvalue weighted by atomic mass is 79.9. The molecule has 0 saturated carbocycles. The van der Waals surface area contributed by atoms with Crippen LogP contribution in [0.4, 0.5) is 13.2 Å². The second-order valence-electron chi connectivity index (χ2n) is 2.39. The lowest BCUT2D eigenvalue weighted by Gasteiger charge is -2.07. The van der Waals surface area contributed by atoms with Crippen molar-refractivity contribution >= 4 is 27.0 Å². The Balaban J connectivity index is 3.20. The zero-order valence-electron chi connectivity index (χ0n) is 6.51. The van der Waals surface area contributed by atoms with E-state index in [-0.39, 0.29) is 9.37 Å². The molecule has 0 heterocycles. The van der Waals surface area contributed by atoms with E-state index in [4.69, 9.17) is 4.55 Å². The van der Waals surface area contributed by atoms with Gasteiger partial charge in [-0.25, -0.2) is 4.21 Å². The van der Waals surface area contributed by atoms with Gasteiger partial charge in [0.1, 0.15) is 0 Å². The maximum absolute atomic E-state index is 12.1. The van der Waals surface area contributed by atoms with Crippen molar-refractivity contribution in [2.45, 2.75) is 11.1 Å². The molecule has 1 rings (SSSR count). The lowest BCUT2D eigenvalue weighted by Crippen LogP contribution is -2.05. The minimum absolute atomic E-state index is 0.0341. The fraction of sp³-hybridized carbons (Fsp3) is 0.143. The molecule has 1 aromatic carbocycles. The molecular weight excluding hydrogens is 285 g/mol. The highest BCUT2D eigenvalue weighted by Crippen LogP contribution is 2.32. The van der Waals surface area contributed by atoms with Gasteiger partial charge in [0.25, 0.3) is 0 Å². The third-order valence-electron chi connectivity index (χ3n) is 1.45. The van der Waals surface area contributed by atoms with E-state index in [0.717, 1.165) is 18.2 Å². The Hall–Kier alpha value is -0.400. The van der Waals surface area contributed by atoms with Gasteiger partial charge >= 0.3 is 6.18 Å². The first-order valence-electron chi connectivity index (χ1n) is 3.30. The van der Waals surface area contributed by atoms with Gasteiger partial charge in [-0.15, -0.1) is 0 Å². The van der Waals surface area contributed by atoms with Gasteiger partial charge in [0.2, 0.25) is 0 Å². The van der Waals surface area contributed by atoms with Crippen LogP contribution in [-0.2, 0) is 17.3 Å². The van der Waals surface area contributed by atoms with Gasteiger partial charge in [-0.3, -0.25) is 0 Å². The van der Waals surface area contributed by atoms with E-state index in [1.54, 1.807) is 0 Å². The predicted molar refractivity (Wildman–Crippen MR) is 48.2 cm³/mol. The van der Waals surface area contributed by atoms with E-state index in [1.807, 2.05) is 0 Å². The zero-order valence-corrected chi connectivity index (χ0v) is 8.91. The SMILES string of the molecule is O=S(O)c1ccc(C(F)(F)F)cc1Br. The van der Waals surface area contributed by atoms with Crippen molar-refractivity contribution < 1.29 is 21.9 Å². The second-order valence-corrected chi connectivity index (χ2v) is 4.18. The van der Waals surface area contributed by atoms with Gasteiger partial charge in [0.15, 0.2) is 11.1 Å². The topological polar surface area (TPSA) is 37.3 Å². The molecule has 1 atom stereocenters. The Bertz CT molecular complexity index is 378. The first kappa shape index (κ1) is 11.7. The molecule has 1 aromatic rings. The Morgan fingerprint density at radius 2 is 1.93 bits per heavy atom. The van der Waals surface area contributed by atoms with Crippen molar-refractivity contribution in [2.24, 2.45) is 0 Å². The number of hydrogen-bond acceptors (Lipinski definition) is 1. The van der Waals surface area contributed by atoms with Crippen molar-refractivity contribution in [3.63, 3.8) is 0 Å². The summed E-state index contributed by atoms with van der Waals surface area (Å²) in [6, 6.07) is 2.49. The molecule has 2 nitrogen and oxygen atoms in total. The standard InChI is InChI=1S/C7H4BrF3O2S/c8-5-3-4(7(9,10)11)1-2-6(5)14(12)13/h1-3H,(H,12,13).